The lowest BCUT2D eigenvalue weighted by Crippen LogP contribution is -2.26. The first-order valence-electron chi connectivity index (χ1n) is 8.50. The van der Waals surface area contributed by atoms with Crippen LogP contribution in [0, 0.1) is 6.42 Å². The van der Waals surface area contributed by atoms with E-state index in [9.17, 15) is 8.42 Å². The zero-order chi connectivity index (χ0) is 18.2. The molecule has 25 heavy (non-hydrogen) atoms. The van der Waals surface area contributed by atoms with Crippen LogP contribution in [0.25, 0.3) is 11.1 Å². The van der Waals surface area contributed by atoms with Crippen LogP contribution in [-0.4, -0.2) is 15.0 Å². The molecule has 0 fully saturated rings. The normalized spacial score (nSPS) is 16.2. The molecule has 1 aliphatic heterocycles. The van der Waals surface area contributed by atoms with Crippen molar-refractivity contribution < 1.29 is 13.2 Å². The van der Waals surface area contributed by atoms with Crippen molar-refractivity contribution in [2.45, 2.75) is 43.9 Å². The smallest absolute Gasteiger partial charge is 0.238 e. The predicted molar refractivity (Wildman–Crippen MR) is 100 cm³/mol. The third-order valence-electron chi connectivity index (χ3n) is 4.75. The van der Waals surface area contributed by atoms with Crippen LogP contribution in [0.1, 0.15) is 44.7 Å². The minimum atomic E-state index is -3.81. The number of sulfonamides is 1. The van der Waals surface area contributed by atoms with Gasteiger partial charge in [-0.2, -0.15) is 0 Å². The molecule has 4 nitrogen and oxygen atoms in total. The predicted octanol–water partition coefficient (Wildman–Crippen LogP) is 4.02. The number of nitrogens with two attached hydrogens (primary N) is 1. The van der Waals surface area contributed by atoms with E-state index in [-0.39, 0.29) is 10.3 Å². The van der Waals surface area contributed by atoms with Crippen molar-refractivity contribution in [3.63, 3.8) is 0 Å². The first-order valence-corrected chi connectivity index (χ1v) is 10.0. The Kier molecular flexibility index (Phi) is 4.64. The topological polar surface area (TPSA) is 69.4 Å². The molecule has 0 saturated heterocycles. The number of ether oxygens (including phenoxy) is 1. The fraction of sp³-hybridized carbons (Fsp3) is 0.350. The standard InChI is InChI=1S/C20H24NO3S/c1-4-5-14-6-9-19(25(21,22)23)16(12-14)15-7-8-18-17(13-15)20(2,3)10-11-24-18/h5-9,12-13H,4,10-11H2,1-3H3,(H2,21,22,23). The Balaban J connectivity index is 2.20. The largest absolute Gasteiger partial charge is 0.493 e. The average molecular weight is 358 g/mol. The lowest BCUT2D eigenvalue weighted by atomic mass is 9.79. The molecule has 1 aliphatic rings. The SMILES string of the molecule is CC[CH]c1ccc(S(N)(=O)=O)c(-c2ccc3c(c2)C(C)(C)CCO3)c1. The van der Waals surface area contributed by atoms with Crippen LogP contribution in [0.3, 0.4) is 0 Å². The number of hydrogen-bond acceptors (Lipinski definition) is 3. The Morgan fingerprint density at radius 2 is 1.96 bits per heavy atom. The molecule has 133 valence electrons. The molecule has 0 amide bonds. The van der Waals surface area contributed by atoms with E-state index in [1.165, 1.54) is 0 Å². The van der Waals surface area contributed by atoms with Crippen molar-refractivity contribution >= 4 is 10.0 Å². The van der Waals surface area contributed by atoms with Crippen LogP contribution in [0.5, 0.6) is 5.75 Å². The highest BCUT2D eigenvalue weighted by atomic mass is 32.2. The molecule has 0 saturated carbocycles. The Morgan fingerprint density at radius 3 is 2.64 bits per heavy atom. The molecule has 0 aliphatic carbocycles. The highest BCUT2D eigenvalue weighted by Crippen LogP contribution is 2.41. The van der Waals surface area contributed by atoms with Gasteiger partial charge in [-0.15, -0.1) is 0 Å². The molecule has 3 rings (SSSR count). The van der Waals surface area contributed by atoms with Gasteiger partial charge >= 0.3 is 0 Å². The van der Waals surface area contributed by atoms with Gasteiger partial charge in [0, 0.05) is 11.1 Å². The Bertz CT molecular complexity index is 901. The van der Waals surface area contributed by atoms with Gasteiger partial charge in [-0.1, -0.05) is 32.9 Å². The first-order chi connectivity index (χ1) is 11.7. The van der Waals surface area contributed by atoms with Crippen molar-refractivity contribution in [3.05, 3.63) is 53.9 Å². The third kappa shape index (κ3) is 3.58. The average Bonchev–Trinajstić information content (AvgIpc) is 2.54. The summed E-state index contributed by atoms with van der Waals surface area (Å²) in [6.07, 6.45) is 3.86. The second-order valence-corrected chi connectivity index (χ2v) is 8.64. The summed E-state index contributed by atoms with van der Waals surface area (Å²) >= 11 is 0. The van der Waals surface area contributed by atoms with Crippen LogP contribution in [0.4, 0.5) is 0 Å². The van der Waals surface area contributed by atoms with E-state index in [0.29, 0.717) is 12.2 Å². The minimum Gasteiger partial charge on any atom is -0.493 e. The number of fused-ring (bicyclic) bond motifs is 1. The van der Waals surface area contributed by atoms with E-state index < -0.39 is 10.0 Å². The van der Waals surface area contributed by atoms with Crippen molar-refractivity contribution in [1.82, 2.24) is 0 Å². The Hall–Kier alpha value is -1.85. The molecule has 0 aromatic heterocycles. The van der Waals surface area contributed by atoms with E-state index >= 15 is 0 Å². The lowest BCUT2D eigenvalue weighted by Gasteiger charge is -2.32. The molecular weight excluding hydrogens is 334 g/mol. The molecule has 2 aromatic carbocycles. The van der Waals surface area contributed by atoms with Gasteiger partial charge in [0.25, 0.3) is 0 Å². The summed E-state index contributed by atoms with van der Waals surface area (Å²) in [5, 5.41) is 5.45. The number of benzene rings is 2. The number of primary sulfonamides is 1. The van der Waals surface area contributed by atoms with Crippen LogP contribution in [0.15, 0.2) is 41.3 Å². The van der Waals surface area contributed by atoms with Gasteiger partial charge in [-0.05, 0) is 60.1 Å². The van der Waals surface area contributed by atoms with Crippen LogP contribution >= 0.6 is 0 Å². The fourth-order valence-corrected chi connectivity index (χ4v) is 4.03. The van der Waals surface area contributed by atoms with Crippen LogP contribution in [0.2, 0.25) is 0 Å². The van der Waals surface area contributed by atoms with Crippen molar-refractivity contribution in [1.29, 1.82) is 0 Å². The van der Waals surface area contributed by atoms with Gasteiger partial charge in [0.05, 0.1) is 11.5 Å². The van der Waals surface area contributed by atoms with Crippen molar-refractivity contribution in [3.8, 4) is 16.9 Å². The number of hydrogen-bond donors (Lipinski definition) is 1. The maximum absolute atomic E-state index is 12.1. The lowest BCUT2D eigenvalue weighted by molar-refractivity contribution is 0.234. The van der Waals surface area contributed by atoms with Gasteiger partial charge in [-0.3, -0.25) is 0 Å². The Morgan fingerprint density at radius 1 is 1.20 bits per heavy atom. The molecule has 5 heteroatoms. The number of rotatable bonds is 4. The molecule has 2 aromatic rings. The van der Waals surface area contributed by atoms with Gasteiger partial charge < -0.3 is 4.74 Å². The highest BCUT2D eigenvalue weighted by molar-refractivity contribution is 7.89. The first kappa shape index (κ1) is 18.0. The van der Waals surface area contributed by atoms with E-state index in [1.54, 1.807) is 12.1 Å². The summed E-state index contributed by atoms with van der Waals surface area (Å²) in [7, 11) is -3.81. The van der Waals surface area contributed by atoms with Gasteiger partial charge in [0.1, 0.15) is 5.75 Å². The van der Waals surface area contributed by atoms with Crippen molar-refractivity contribution in [2.24, 2.45) is 5.14 Å². The molecule has 0 bridgehead atoms. The van der Waals surface area contributed by atoms with E-state index in [4.69, 9.17) is 9.88 Å². The Labute approximate surface area is 150 Å². The molecule has 0 unspecified atom stereocenters. The monoisotopic (exact) mass is 358 g/mol. The molecule has 0 spiro atoms. The van der Waals surface area contributed by atoms with E-state index in [1.807, 2.05) is 31.2 Å². The summed E-state index contributed by atoms with van der Waals surface area (Å²) in [4.78, 5) is 0.148. The molecule has 0 atom stereocenters. The second kappa shape index (κ2) is 6.46. The quantitative estimate of drug-likeness (QED) is 0.897. The minimum absolute atomic E-state index is 0.0154. The molecule has 1 radical (unpaired) electrons. The maximum atomic E-state index is 12.1. The second-order valence-electron chi connectivity index (χ2n) is 7.11. The fourth-order valence-electron chi connectivity index (χ4n) is 3.29. The summed E-state index contributed by atoms with van der Waals surface area (Å²) in [6, 6.07) is 11.1. The van der Waals surface area contributed by atoms with Gasteiger partial charge in [0.15, 0.2) is 0 Å². The molecule has 1 heterocycles. The summed E-state index contributed by atoms with van der Waals surface area (Å²) in [5.74, 6) is 0.869. The van der Waals surface area contributed by atoms with E-state index in [2.05, 4.69) is 20.3 Å². The van der Waals surface area contributed by atoms with Crippen molar-refractivity contribution in [2.75, 3.05) is 6.61 Å². The third-order valence-corrected chi connectivity index (χ3v) is 5.72. The molecule has 2 N–H and O–H groups in total. The van der Waals surface area contributed by atoms with Crippen LogP contribution in [-0.2, 0) is 15.4 Å². The maximum Gasteiger partial charge on any atom is 0.238 e. The summed E-state index contributed by atoms with van der Waals surface area (Å²) < 4.78 is 29.9. The zero-order valence-corrected chi connectivity index (χ0v) is 15.7. The summed E-state index contributed by atoms with van der Waals surface area (Å²) in [6.45, 7) is 7.11. The molecular formula is C20H24NO3S. The van der Waals surface area contributed by atoms with E-state index in [0.717, 1.165) is 35.3 Å². The zero-order valence-electron chi connectivity index (χ0n) is 14.9. The van der Waals surface area contributed by atoms with Crippen LogP contribution < -0.4 is 9.88 Å². The van der Waals surface area contributed by atoms with Gasteiger partial charge in [0.2, 0.25) is 10.0 Å². The highest BCUT2D eigenvalue weighted by Gasteiger charge is 2.29. The summed E-state index contributed by atoms with van der Waals surface area (Å²) in [5.41, 5.74) is 3.54. The van der Waals surface area contributed by atoms with Gasteiger partial charge in [-0.25, -0.2) is 13.6 Å².